The molecule has 0 spiro atoms. The Morgan fingerprint density at radius 3 is 2.62 bits per heavy atom. The zero-order valence-electron chi connectivity index (χ0n) is 14.4. The first-order valence-electron chi connectivity index (χ1n) is 8.25. The van der Waals surface area contributed by atoms with Crippen molar-refractivity contribution in [2.75, 3.05) is 19.6 Å². The van der Waals surface area contributed by atoms with Crippen molar-refractivity contribution < 1.29 is 0 Å². The van der Waals surface area contributed by atoms with E-state index >= 15 is 0 Å². The molecule has 0 aliphatic carbocycles. The van der Waals surface area contributed by atoms with Gasteiger partial charge in [-0.15, -0.1) is 35.3 Å². The summed E-state index contributed by atoms with van der Waals surface area (Å²) in [6.07, 6.45) is 3.06. The third kappa shape index (κ3) is 8.10. The summed E-state index contributed by atoms with van der Waals surface area (Å²) in [4.78, 5) is 9.12. The average Bonchev–Trinajstić information content (AvgIpc) is 2.98. The Hall–Kier alpha value is -1.15. The number of aliphatic imine (C=N–C) groups is 1. The molecule has 0 unspecified atom stereocenters. The van der Waals surface area contributed by atoms with Crippen LogP contribution >= 0.6 is 35.3 Å². The second-order valence-electron chi connectivity index (χ2n) is 5.38. The van der Waals surface area contributed by atoms with Gasteiger partial charge in [0.1, 0.15) is 0 Å². The fourth-order valence-corrected chi connectivity index (χ4v) is 2.94. The largest absolute Gasteiger partial charge is 0.357 e. The summed E-state index contributed by atoms with van der Waals surface area (Å²) < 4.78 is 0. The number of hydrogen-bond donors (Lipinski definition) is 2. The van der Waals surface area contributed by atoms with E-state index in [9.17, 15) is 0 Å². The minimum Gasteiger partial charge on any atom is -0.357 e. The normalized spacial score (nSPS) is 11.0. The third-order valence-corrected chi connectivity index (χ3v) is 4.24. The number of rotatable bonds is 8. The van der Waals surface area contributed by atoms with Gasteiger partial charge in [-0.25, -0.2) is 4.98 Å². The first kappa shape index (κ1) is 20.9. The number of nitrogens with one attached hydrogen (secondary N) is 2. The summed E-state index contributed by atoms with van der Waals surface area (Å²) >= 11 is 1.70. The van der Waals surface area contributed by atoms with Gasteiger partial charge < -0.3 is 10.6 Å². The van der Waals surface area contributed by atoms with Gasteiger partial charge in [0.25, 0.3) is 0 Å². The quantitative estimate of drug-likeness (QED) is 0.274. The standard InChI is InChI=1S/C18H26N4S.HI/c1-3-19-18(21-13-11-17-14-23-15(2)22-17)20-12-7-10-16-8-5-4-6-9-16;/h4-6,8-9,14H,3,7,10-13H2,1-2H3,(H2,19,20,21);1H. The fourth-order valence-electron chi connectivity index (χ4n) is 2.29. The van der Waals surface area contributed by atoms with Gasteiger partial charge in [0, 0.05) is 31.4 Å². The Balaban J connectivity index is 0.00000288. The first-order chi connectivity index (χ1) is 11.3. The number of aromatic nitrogens is 1. The Bertz CT molecular complexity index is 598. The third-order valence-electron chi connectivity index (χ3n) is 3.42. The van der Waals surface area contributed by atoms with Gasteiger partial charge in [0.15, 0.2) is 5.96 Å². The van der Waals surface area contributed by atoms with Gasteiger partial charge in [0.05, 0.1) is 10.7 Å². The second-order valence-corrected chi connectivity index (χ2v) is 6.45. The van der Waals surface area contributed by atoms with Crippen LogP contribution in [0.3, 0.4) is 0 Å². The average molecular weight is 458 g/mol. The molecular weight excluding hydrogens is 431 g/mol. The molecule has 0 aliphatic heterocycles. The molecule has 0 aliphatic rings. The minimum atomic E-state index is 0. The lowest BCUT2D eigenvalue weighted by atomic mass is 10.1. The van der Waals surface area contributed by atoms with Crippen LogP contribution in [0.25, 0.3) is 0 Å². The van der Waals surface area contributed by atoms with E-state index in [-0.39, 0.29) is 24.0 Å². The van der Waals surface area contributed by atoms with E-state index in [0.717, 1.165) is 55.6 Å². The molecule has 0 saturated carbocycles. The zero-order chi connectivity index (χ0) is 16.3. The Morgan fingerprint density at radius 2 is 1.96 bits per heavy atom. The molecule has 0 saturated heterocycles. The van der Waals surface area contributed by atoms with Gasteiger partial charge in [-0.1, -0.05) is 30.3 Å². The van der Waals surface area contributed by atoms with Crippen LogP contribution in [-0.2, 0) is 12.8 Å². The van der Waals surface area contributed by atoms with Crippen molar-refractivity contribution in [3.63, 3.8) is 0 Å². The van der Waals surface area contributed by atoms with Gasteiger partial charge in [-0.05, 0) is 32.3 Å². The predicted molar refractivity (Wildman–Crippen MR) is 115 cm³/mol. The Morgan fingerprint density at radius 1 is 1.17 bits per heavy atom. The van der Waals surface area contributed by atoms with Crippen LogP contribution in [0.4, 0.5) is 0 Å². The van der Waals surface area contributed by atoms with Gasteiger partial charge in [-0.2, -0.15) is 0 Å². The summed E-state index contributed by atoms with van der Waals surface area (Å²) in [6, 6.07) is 10.6. The number of benzene rings is 1. The van der Waals surface area contributed by atoms with Crippen LogP contribution in [0.5, 0.6) is 0 Å². The molecule has 132 valence electrons. The summed E-state index contributed by atoms with van der Waals surface area (Å²) in [6.45, 7) is 6.69. The summed E-state index contributed by atoms with van der Waals surface area (Å²) in [7, 11) is 0. The van der Waals surface area contributed by atoms with E-state index in [1.54, 1.807) is 11.3 Å². The minimum absolute atomic E-state index is 0. The number of thiazole rings is 1. The lowest BCUT2D eigenvalue weighted by molar-refractivity contribution is 0.771. The van der Waals surface area contributed by atoms with Crippen molar-refractivity contribution in [3.8, 4) is 0 Å². The number of halogens is 1. The van der Waals surface area contributed by atoms with Gasteiger partial charge in [0.2, 0.25) is 0 Å². The van der Waals surface area contributed by atoms with E-state index in [4.69, 9.17) is 0 Å². The molecule has 1 aromatic heterocycles. The highest BCUT2D eigenvalue weighted by atomic mass is 127. The molecule has 0 amide bonds. The molecule has 0 radical (unpaired) electrons. The molecule has 2 N–H and O–H groups in total. The smallest absolute Gasteiger partial charge is 0.191 e. The molecule has 1 heterocycles. The number of aryl methyl sites for hydroxylation is 2. The Labute approximate surface area is 166 Å². The molecule has 0 fully saturated rings. The lowest BCUT2D eigenvalue weighted by Gasteiger charge is -2.10. The fraction of sp³-hybridized carbons (Fsp3) is 0.444. The summed E-state index contributed by atoms with van der Waals surface area (Å²) in [5, 5.41) is 9.93. The maximum absolute atomic E-state index is 4.64. The highest BCUT2D eigenvalue weighted by molar-refractivity contribution is 14.0. The van der Waals surface area contributed by atoms with Crippen molar-refractivity contribution in [1.82, 2.24) is 15.6 Å². The van der Waals surface area contributed by atoms with Crippen LogP contribution in [0.1, 0.15) is 29.6 Å². The van der Waals surface area contributed by atoms with Crippen molar-refractivity contribution in [1.29, 1.82) is 0 Å². The van der Waals surface area contributed by atoms with Crippen LogP contribution in [0.2, 0.25) is 0 Å². The van der Waals surface area contributed by atoms with Crippen molar-refractivity contribution in [2.24, 2.45) is 4.99 Å². The molecule has 0 bridgehead atoms. The number of hydrogen-bond acceptors (Lipinski definition) is 3. The highest BCUT2D eigenvalue weighted by Crippen LogP contribution is 2.07. The second kappa shape index (κ2) is 12.2. The van der Waals surface area contributed by atoms with E-state index in [1.807, 2.05) is 6.92 Å². The van der Waals surface area contributed by atoms with Crippen molar-refractivity contribution in [2.45, 2.75) is 33.1 Å². The predicted octanol–water partition coefficient (Wildman–Crippen LogP) is 3.80. The first-order valence-corrected chi connectivity index (χ1v) is 9.13. The number of guanidine groups is 1. The van der Waals surface area contributed by atoms with E-state index < -0.39 is 0 Å². The molecule has 2 rings (SSSR count). The van der Waals surface area contributed by atoms with Crippen molar-refractivity contribution >= 4 is 41.3 Å². The molecule has 24 heavy (non-hydrogen) atoms. The molecule has 2 aromatic rings. The van der Waals surface area contributed by atoms with Crippen molar-refractivity contribution in [3.05, 3.63) is 52.0 Å². The van der Waals surface area contributed by atoms with Gasteiger partial charge >= 0.3 is 0 Å². The van der Waals surface area contributed by atoms with E-state index in [0.29, 0.717) is 0 Å². The van der Waals surface area contributed by atoms with E-state index in [1.165, 1.54) is 5.56 Å². The SMILES string of the molecule is CCNC(=NCCCc1ccccc1)NCCc1csc(C)n1.I. The topological polar surface area (TPSA) is 49.3 Å². The zero-order valence-corrected chi connectivity index (χ0v) is 17.6. The van der Waals surface area contributed by atoms with Crippen LogP contribution in [-0.4, -0.2) is 30.6 Å². The lowest BCUT2D eigenvalue weighted by Crippen LogP contribution is -2.38. The monoisotopic (exact) mass is 458 g/mol. The summed E-state index contributed by atoms with van der Waals surface area (Å²) in [5.41, 5.74) is 2.53. The molecular formula is C18H27IN4S. The van der Waals surface area contributed by atoms with Gasteiger partial charge in [-0.3, -0.25) is 4.99 Å². The maximum atomic E-state index is 4.64. The number of nitrogens with zero attached hydrogens (tertiary/aromatic N) is 2. The molecule has 1 aromatic carbocycles. The van der Waals surface area contributed by atoms with Crippen LogP contribution in [0.15, 0.2) is 40.7 Å². The van der Waals surface area contributed by atoms with Crippen LogP contribution in [0, 0.1) is 6.92 Å². The van der Waals surface area contributed by atoms with Crippen LogP contribution < -0.4 is 10.6 Å². The Kier molecular flexibility index (Phi) is 10.7. The molecule has 6 heteroatoms. The molecule has 0 atom stereocenters. The van der Waals surface area contributed by atoms with E-state index in [2.05, 4.69) is 63.2 Å². The highest BCUT2D eigenvalue weighted by Gasteiger charge is 2.00. The molecule has 4 nitrogen and oxygen atoms in total. The maximum Gasteiger partial charge on any atom is 0.191 e. The summed E-state index contributed by atoms with van der Waals surface area (Å²) in [5.74, 6) is 0.896.